The van der Waals surface area contributed by atoms with Gasteiger partial charge in [0.1, 0.15) is 5.69 Å². The number of H-pyrrole nitrogens is 1. The van der Waals surface area contributed by atoms with E-state index in [1.165, 1.54) is 10.9 Å². The minimum atomic E-state index is -0.354. The van der Waals surface area contributed by atoms with Crippen LogP contribution in [0, 0.1) is 0 Å². The average molecular weight is 365 g/mol. The molecule has 0 saturated carbocycles. The number of hydrazone groups is 1. The van der Waals surface area contributed by atoms with Crippen LogP contribution in [-0.4, -0.2) is 21.1 Å². The third kappa shape index (κ3) is 4.08. The standard InChI is InChI=1S/C17H15N7OS/c18-17(26)22-19-11-14-15(21-20-12-7-3-1-4-8-12)16(25)24(23-14)13-9-5-2-6-10-13/h1-11,23H,(H3,18,22,26)/b19-11+,21-20?. The van der Waals surface area contributed by atoms with Crippen molar-refractivity contribution in [1.29, 1.82) is 0 Å². The van der Waals surface area contributed by atoms with Gasteiger partial charge in [0.25, 0.3) is 5.56 Å². The molecule has 4 N–H and O–H groups in total. The molecule has 1 heterocycles. The highest BCUT2D eigenvalue weighted by atomic mass is 32.1. The number of aromatic amines is 1. The van der Waals surface area contributed by atoms with E-state index in [0.717, 1.165) is 0 Å². The van der Waals surface area contributed by atoms with E-state index in [1.807, 2.05) is 36.4 Å². The Bertz CT molecular complexity index is 1010. The van der Waals surface area contributed by atoms with E-state index in [-0.39, 0.29) is 16.4 Å². The van der Waals surface area contributed by atoms with E-state index in [0.29, 0.717) is 17.1 Å². The number of rotatable bonds is 5. The number of nitrogens with zero attached hydrogens (tertiary/aromatic N) is 4. The number of benzene rings is 2. The third-order valence-electron chi connectivity index (χ3n) is 3.30. The molecular weight excluding hydrogens is 350 g/mol. The first-order valence-corrected chi connectivity index (χ1v) is 8.02. The first-order valence-electron chi connectivity index (χ1n) is 7.61. The Kier molecular flexibility index (Phi) is 5.30. The van der Waals surface area contributed by atoms with Crippen molar-refractivity contribution < 1.29 is 0 Å². The smallest absolute Gasteiger partial charge is 0.299 e. The molecule has 0 fully saturated rings. The summed E-state index contributed by atoms with van der Waals surface area (Å²) in [6, 6.07) is 18.2. The molecule has 0 unspecified atom stereocenters. The van der Waals surface area contributed by atoms with Gasteiger partial charge in [0, 0.05) is 0 Å². The van der Waals surface area contributed by atoms with Gasteiger partial charge < -0.3 is 5.73 Å². The normalized spacial score (nSPS) is 11.2. The first kappa shape index (κ1) is 17.2. The van der Waals surface area contributed by atoms with Crippen molar-refractivity contribution in [3.63, 3.8) is 0 Å². The number of hydrogen-bond acceptors (Lipinski definition) is 5. The Labute approximate surface area is 154 Å². The van der Waals surface area contributed by atoms with Gasteiger partial charge in [-0.05, 0) is 36.5 Å². The Balaban J connectivity index is 2.03. The maximum absolute atomic E-state index is 12.8. The van der Waals surface area contributed by atoms with Crippen molar-refractivity contribution in [2.24, 2.45) is 21.1 Å². The van der Waals surface area contributed by atoms with Crippen molar-refractivity contribution >= 4 is 34.9 Å². The summed E-state index contributed by atoms with van der Waals surface area (Å²) < 4.78 is 1.36. The second kappa shape index (κ2) is 7.99. The summed E-state index contributed by atoms with van der Waals surface area (Å²) in [6.07, 6.45) is 1.37. The van der Waals surface area contributed by atoms with Gasteiger partial charge in [-0.1, -0.05) is 36.4 Å². The highest BCUT2D eigenvalue weighted by molar-refractivity contribution is 7.80. The van der Waals surface area contributed by atoms with Crippen molar-refractivity contribution in [2.75, 3.05) is 0 Å². The molecule has 0 aliphatic carbocycles. The minimum absolute atomic E-state index is 0.0125. The monoisotopic (exact) mass is 365 g/mol. The zero-order valence-corrected chi connectivity index (χ0v) is 14.4. The molecule has 0 aliphatic heterocycles. The van der Waals surface area contributed by atoms with Gasteiger partial charge in [-0.3, -0.25) is 15.3 Å². The number of azo groups is 1. The maximum atomic E-state index is 12.8. The lowest BCUT2D eigenvalue weighted by atomic mass is 10.3. The lowest BCUT2D eigenvalue weighted by Crippen LogP contribution is -2.24. The van der Waals surface area contributed by atoms with Gasteiger partial charge in [-0.2, -0.15) is 10.2 Å². The van der Waals surface area contributed by atoms with Crippen LogP contribution in [0.4, 0.5) is 11.4 Å². The topological polar surface area (TPSA) is 113 Å². The Hall–Kier alpha value is -3.59. The molecule has 0 amide bonds. The number of nitrogens with two attached hydrogens (primary N) is 1. The molecule has 0 radical (unpaired) electrons. The minimum Gasteiger partial charge on any atom is -0.375 e. The van der Waals surface area contributed by atoms with Gasteiger partial charge in [0.2, 0.25) is 0 Å². The Morgan fingerprint density at radius 1 is 1.08 bits per heavy atom. The molecule has 1 aromatic heterocycles. The Morgan fingerprint density at radius 2 is 1.73 bits per heavy atom. The molecule has 0 atom stereocenters. The lowest BCUT2D eigenvalue weighted by molar-refractivity contribution is 0.845. The van der Waals surface area contributed by atoms with Crippen molar-refractivity contribution in [3.8, 4) is 5.69 Å². The summed E-state index contributed by atoms with van der Waals surface area (Å²) in [4.78, 5) is 12.8. The Morgan fingerprint density at radius 3 is 2.38 bits per heavy atom. The molecule has 2 aromatic carbocycles. The summed E-state index contributed by atoms with van der Waals surface area (Å²) in [5.74, 6) is 0. The summed E-state index contributed by atoms with van der Waals surface area (Å²) in [5.41, 5.74) is 9.20. The maximum Gasteiger partial charge on any atom is 0.299 e. The van der Waals surface area contributed by atoms with Crippen molar-refractivity contribution in [3.05, 3.63) is 76.7 Å². The lowest BCUT2D eigenvalue weighted by Gasteiger charge is -1.99. The van der Waals surface area contributed by atoms with Gasteiger partial charge in [-0.15, -0.1) is 5.11 Å². The number of nitrogens with one attached hydrogen (secondary N) is 2. The second-order valence-corrected chi connectivity index (χ2v) is 5.56. The SMILES string of the molecule is NC(=S)N/N=C/c1[nH]n(-c2ccccc2)c(=O)c1N=Nc1ccccc1. The predicted molar refractivity (Wildman–Crippen MR) is 105 cm³/mol. The summed E-state index contributed by atoms with van der Waals surface area (Å²) in [6.45, 7) is 0. The summed E-state index contributed by atoms with van der Waals surface area (Å²) in [5, 5.41) is 15.0. The van der Waals surface area contributed by atoms with Crippen molar-refractivity contribution in [1.82, 2.24) is 15.2 Å². The van der Waals surface area contributed by atoms with Crippen LogP contribution in [0.2, 0.25) is 0 Å². The first-order chi connectivity index (χ1) is 12.6. The van der Waals surface area contributed by atoms with E-state index in [9.17, 15) is 4.79 Å². The molecule has 3 rings (SSSR count). The number of thiocarbonyl (C=S) groups is 1. The van der Waals surface area contributed by atoms with Crippen LogP contribution < -0.4 is 16.7 Å². The average Bonchev–Trinajstić information content (AvgIpc) is 2.97. The fourth-order valence-electron chi connectivity index (χ4n) is 2.15. The fraction of sp³-hybridized carbons (Fsp3) is 0. The van der Waals surface area contributed by atoms with Gasteiger partial charge in [0.15, 0.2) is 10.8 Å². The van der Waals surface area contributed by atoms with Crippen LogP contribution in [0.1, 0.15) is 5.69 Å². The van der Waals surface area contributed by atoms with E-state index < -0.39 is 0 Å². The molecule has 26 heavy (non-hydrogen) atoms. The predicted octanol–water partition coefficient (Wildman–Crippen LogP) is 2.75. The van der Waals surface area contributed by atoms with Crippen LogP contribution in [0.5, 0.6) is 0 Å². The van der Waals surface area contributed by atoms with Crippen LogP contribution in [0.3, 0.4) is 0 Å². The molecule has 130 valence electrons. The third-order valence-corrected chi connectivity index (χ3v) is 3.39. The summed E-state index contributed by atoms with van der Waals surface area (Å²) in [7, 11) is 0. The molecule has 0 saturated heterocycles. The molecule has 0 spiro atoms. The molecule has 9 heteroatoms. The number of aromatic nitrogens is 2. The largest absolute Gasteiger partial charge is 0.375 e. The molecular formula is C17H15N7OS. The van der Waals surface area contributed by atoms with E-state index in [1.54, 1.807) is 24.3 Å². The van der Waals surface area contributed by atoms with Crippen LogP contribution >= 0.6 is 12.2 Å². The molecule has 0 aliphatic rings. The highest BCUT2D eigenvalue weighted by Gasteiger charge is 2.14. The zero-order chi connectivity index (χ0) is 18.4. The van der Waals surface area contributed by atoms with Gasteiger partial charge in [-0.25, -0.2) is 4.68 Å². The zero-order valence-electron chi connectivity index (χ0n) is 13.5. The fourth-order valence-corrected chi connectivity index (χ4v) is 2.21. The van der Waals surface area contributed by atoms with E-state index in [4.69, 9.17) is 18.0 Å². The quantitative estimate of drug-likeness (QED) is 0.279. The number of para-hydroxylation sites is 1. The van der Waals surface area contributed by atoms with Crippen molar-refractivity contribution in [2.45, 2.75) is 0 Å². The molecule has 8 nitrogen and oxygen atoms in total. The van der Waals surface area contributed by atoms with Crippen LogP contribution in [0.15, 0.2) is 80.8 Å². The van der Waals surface area contributed by atoms with Gasteiger partial charge in [0.05, 0.1) is 17.6 Å². The van der Waals surface area contributed by atoms with E-state index in [2.05, 4.69) is 25.9 Å². The van der Waals surface area contributed by atoms with Crippen LogP contribution in [0.25, 0.3) is 5.69 Å². The highest BCUT2D eigenvalue weighted by Crippen LogP contribution is 2.18. The molecule has 3 aromatic rings. The van der Waals surface area contributed by atoms with Crippen LogP contribution in [-0.2, 0) is 0 Å². The van der Waals surface area contributed by atoms with Gasteiger partial charge >= 0.3 is 0 Å². The molecule has 0 bridgehead atoms. The van der Waals surface area contributed by atoms with E-state index >= 15 is 0 Å². The number of hydrogen-bond donors (Lipinski definition) is 3. The second-order valence-electron chi connectivity index (χ2n) is 5.12. The summed E-state index contributed by atoms with van der Waals surface area (Å²) >= 11 is 4.70.